The summed E-state index contributed by atoms with van der Waals surface area (Å²) in [5.74, 6) is 6.14. The third-order valence-corrected chi connectivity index (χ3v) is 1.76. The second-order valence-electron chi connectivity index (χ2n) is 4.58. The number of hydrogen-bond acceptors (Lipinski definition) is 6. The number of nitrogen functional groups attached to an aromatic ring is 1. The van der Waals surface area contributed by atoms with Crippen LogP contribution in [-0.4, -0.2) is 28.0 Å². The van der Waals surface area contributed by atoms with E-state index < -0.39 is 0 Å². The maximum absolute atomic E-state index is 11.5. The number of amides is 1. The van der Waals surface area contributed by atoms with Crippen molar-refractivity contribution in [2.45, 2.75) is 26.3 Å². The Bertz CT molecular complexity index is 387. The lowest BCUT2D eigenvalue weighted by atomic mass is 10.1. The second kappa shape index (κ2) is 5.44. The van der Waals surface area contributed by atoms with Crippen LogP contribution in [0.5, 0.6) is 0 Å². The smallest absolute Gasteiger partial charge is 0.239 e. The monoisotopic (exact) mass is 238 g/mol. The summed E-state index contributed by atoms with van der Waals surface area (Å²) in [6.45, 7) is 5.92. The Hall–Kier alpha value is -1.89. The fourth-order valence-electron chi connectivity index (χ4n) is 1.17. The van der Waals surface area contributed by atoms with Gasteiger partial charge in [0, 0.05) is 11.6 Å². The zero-order valence-electron chi connectivity index (χ0n) is 10.2. The molecule has 0 saturated carbocycles. The summed E-state index contributed by atoms with van der Waals surface area (Å²) in [6.07, 6.45) is 1.36. The third kappa shape index (κ3) is 5.12. The minimum Gasteiger partial charge on any atom is -0.361 e. The molecule has 7 heteroatoms. The van der Waals surface area contributed by atoms with Crippen LogP contribution in [0.1, 0.15) is 20.8 Å². The molecular formula is C10H18N6O. The molecular weight excluding hydrogens is 220 g/mol. The largest absolute Gasteiger partial charge is 0.361 e. The standard InChI is InChI=1S/C10H18N6O/c1-10(2,3)15-9(17)5-12-7-4-8(16-11)14-6-13-7/h4,6H,5,11H2,1-3H3,(H,15,17)(H2,12,13,14,16). The van der Waals surface area contributed by atoms with Crippen molar-refractivity contribution in [3.05, 3.63) is 12.4 Å². The van der Waals surface area contributed by atoms with Crippen LogP contribution in [0.15, 0.2) is 12.4 Å². The summed E-state index contributed by atoms with van der Waals surface area (Å²) in [6, 6.07) is 1.62. The highest BCUT2D eigenvalue weighted by molar-refractivity contribution is 5.81. The van der Waals surface area contributed by atoms with Gasteiger partial charge in [-0.15, -0.1) is 0 Å². The molecule has 7 nitrogen and oxygen atoms in total. The minimum atomic E-state index is -0.242. The fraction of sp³-hybridized carbons (Fsp3) is 0.500. The second-order valence-corrected chi connectivity index (χ2v) is 4.58. The Morgan fingerprint density at radius 3 is 2.59 bits per heavy atom. The Labute approximate surface area is 100 Å². The highest BCUT2D eigenvalue weighted by Gasteiger charge is 2.13. The Morgan fingerprint density at radius 1 is 1.35 bits per heavy atom. The molecule has 1 heterocycles. The van der Waals surface area contributed by atoms with Crippen molar-refractivity contribution in [2.75, 3.05) is 17.3 Å². The van der Waals surface area contributed by atoms with Crippen LogP contribution >= 0.6 is 0 Å². The number of rotatable bonds is 4. The van der Waals surface area contributed by atoms with Crippen LogP contribution in [0.2, 0.25) is 0 Å². The molecule has 0 atom stereocenters. The van der Waals surface area contributed by atoms with E-state index in [0.717, 1.165) is 0 Å². The van der Waals surface area contributed by atoms with Gasteiger partial charge in [-0.1, -0.05) is 0 Å². The van der Waals surface area contributed by atoms with E-state index in [-0.39, 0.29) is 18.0 Å². The third-order valence-electron chi connectivity index (χ3n) is 1.76. The molecule has 17 heavy (non-hydrogen) atoms. The predicted octanol–water partition coefficient (Wildman–Crippen LogP) is 0.0888. The van der Waals surface area contributed by atoms with Gasteiger partial charge in [-0.25, -0.2) is 15.8 Å². The molecule has 0 spiro atoms. The number of carbonyl (C=O) groups is 1. The maximum Gasteiger partial charge on any atom is 0.239 e. The summed E-state index contributed by atoms with van der Waals surface area (Å²) < 4.78 is 0. The number of hydrazine groups is 1. The molecule has 0 aromatic carbocycles. The first-order valence-electron chi connectivity index (χ1n) is 5.24. The number of nitrogens with two attached hydrogens (primary N) is 1. The zero-order chi connectivity index (χ0) is 12.9. The molecule has 1 amide bonds. The Balaban J connectivity index is 2.47. The Morgan fingerprint density at radius 2 is 2.00 bits per heavy atom. The van der Waals surface area contributed by atoms with Gasteiger partial charge in [-0.2, -0.15) is 0 Å². The normalized spacial score (nSPS) is 10.8. The van der Waals surface area contributed by atoms with E-state index in [1.807, 2.05) is 20.8 Å². The van der Waals surface area contributed by atoms with Crippen LogP contribution in [-0.2, 0) is 4.79 Å². The van der Waals surface area contributed by atoms with Crippen LogP contribution in [0.25, 0.3) is 0 Å². The summed E-state index contributed by atoms with van der Waals surface area (Å²) in [4.78, 5) is 19.3. The van der Waals surface area contributed by atoms with Crippen LogP contribution < -0.4 is 21.9 Å². The first kappa shape index (κ1) is 13.2. The fourth-order valence-corrected chi connectivity index (χ4v) is 1.17. The van der Waals surface area contributed by atoms with E-state index in [0.29, 0.717) is 11.6 Å². The molecule has 0 aliphatic heterocycles. The van der Waals surface area contributed by atoms with Gasteiger partial charge < -0.3 is 16.1 Å². The van der Waals surface area contributed by atoms with E-state index in [9.17, 15) is 4.79 Å². The highest BCUT2D eigenvalue weighted by Crippen LogP contribution is 2.06. The van der Waals surface area contributed by atoms with E-state index in [4.69, 9.17) is 5.84 Å². The van der Waals surface area contributed by atoms with Gasteiger partial charge in [0.25, 0.3) is 0 Å². The van der Waals surface area contributed by atoms with E-state index in [1.54, 1.807) is 6.07 Å². The van der Waals surface area contributed by atoms with Crippen molar-refractivity contribution in [2.24, 2.45) is 5.84 Å². The molecule has 1 aromatic rings. The summed E-state index contributed by atoms with van der Waals surface area (Å²) in [5, 5.41) is 5.72. The number of hydrogen-bond donors (Lipinski definition) is 4. The van der Waals surface area contributed by atoms with E-state index >= 15 is 0 Å². The topological polar surface area (TPSA) is 105 Å². The van der Waals surface area contributed by atoms with Crippen molar-refractivity contribution < 1.29 is 4.79 Å². The van der Waals surface area contributed by atoms with Crippen molar-refractivity contribution in [1.29, 1.82) is 0 Å². The molecule has 0 aliphatic carbocycles. The number of aromatic nitrogens is 2. The lowest BCUT2D eigenvalue weighted by Crippen LogP contribution is -2.43. The lowest BCUT2D eigenvalue weighted by Gasteiger charge is -2.20. The van der Waals surface area contributed by atoms with Crippen LogP contribution in [0, 0.1) is 0 Å². The zero-order valence-corrected chi connectivity index (χ0v) is 10.2. The molecule has 0 radical (unpaired) electrons. The highest BCUT2D eigenvalue weighted by atomic mass is 16.2. The maximum atomic E-state index is 11.5. The molecule has 5 N–H and O–H groups in total. The number of anilines is 2. The molecule has 1 rings (SSSR count). The average Bonchev–Trinajstić information content (AvgIpc) is 2.24. The molecule has 1 aromatic heterocycles. The van der Waals surface area contributed by atoms with Gasteiger partial charge in [0.05, 0.1) is 6.54 Å². The molecule has 0 unspecified atom stereocenters. The number of carbonyl (C=O) groups excluding carboxylic acids is 1. The molecule has 94 valence electrons. The lowest BCUT2D eigenvalue weighted by molar-refractivity contribution is -0.120. The number of nitrogens with zero attached hydrogens (tertiary/aromatic N) is 2. The van der Waals surface area contributed by atoms with Gasteiger partial charge in [0.2, 0.25) is 5.91 Å². The Kier molecular flexibility index (Phi) is 4.22. The van der Waals surface area contributed by atoms with Crippen LogP contribution in [0.3, 0.4) is 0 Å². The molecule has 0 bridgehead atoms. The van der Waals surface area contributed by atoms with Crippen molar-refractivity contribution in [3.8, 4) is 0 Å². The first-order valence-corrected chi connectivity index (χ1v) is 5.24. The van der Waals surface area contributed by atoms with Crippen molar-refractivity contribution in [3.63, 3.8) is 0 Å². The SMILES string of the molecule is CC(C)(C)NC(=O)CNc1cc(NN)ncn1. The molecule has 0 fully saturated rings. The predicted molar refractivity (Wildman–Crippen MR) is 66.2 cm³/mol. The van der Waals surface area contributed by atoms with Gasteiger partial charge >= 0.3 is 0 Å². The summed E-state index contributed by atoms with van der Waals surface area (Å²) in [5.41, 5.74) is 2.16. The van der Waals surface area contributed by atoms with Gasteiger partial charge in [0.1, 0.15) is 18.0 Å². The van der Waals surface area contributed by atoms with Crippen LogP contribution in [0.4, 0.5) is 11.6 Å². The van der Waals surface area contributed by atoms with Gasteiger partial charge in [-0.05, 0) is 20.8 Å². The van der Waals surface area contributed by atoms with Gasteiger partial charge in [-0.3, -0.25) is 4.79 Å². The van der Waals surface area contributed by atoms with Gasteiger partial charge in [0.15, 0.2) is 0 Å². The van der Waals surface area contributed by atoms with E-state index in [1.165, 1.54) is 6.33 Å². The quantitative estimate of drug-likeness (QED) is 0.437. The molecule has 0 aliphatic rings. The van der Waals surface area contributed by atoms with Crippen molar-refractivity contribution in [1.82, 2.24) is 15.3 Å². The minimum absolute atomic E-state index is 0.0987. The van der Waals surface area contributed by atoms with Crippen molar-refractivity contribution >= 4 is 17.5 Å². The first-order chi connectivity index (χ1) is 7.90. The summed E-state index contributed by atoms with van der Waals surface area (Å²) >= 11 is 0. The molecule has 0 saturated heterocycles. The average molecular weight is 238 g/mol. The summed E-state index contributed by atoms with van der Waals surface area (Å²) in [7, 11) is 0. The number of nitrogens with one attached hydrogen (secondary N) is 3. The van der Waals surface area contributed by atoms with E-state index in [2.05, 4.69) is 26.0 Å².